The van der Waals surface area contributed by atoms with Gasteiger partial charge in [-0.1, -0.05) is 0 Å². The fourth-order valence-electron chi connectivity index (χ4n) is 1.74. The van der Waals surface area contributed by atoms with Gasteiger partial charge in [-0.05, 0) is 32.9 Å². The number of hydrogen-bond acceptors (Lipinski definition) is 4. The standard InChI is InChI=1S/C13H19N3O3/c1-4-16(5-2)12(17)8-14-11-7-10(13(18)19)6-9(3)15-11/h6-7H,4-5,8H2,1-3H3,(H,14,15)(H,18,19). The number of nitrogens with one attached hydrogen (secondary N) is 1. The Labute approximate surface area is 112 Å². The number of carboxylic acid groups (broad SMARTS) is 1. The Morgan fingerprint density at radius 2 is 1.95 bits per heavy atom. The molecule has 104 valence electrons. The molecule has 0 bridgehead atoms. The van der Waals surface area contributed by atoms with Crippen molar-refractivity contribution in [1.29, 1.82) is 0 Å². The Kier molecular flexibility index (Phi) is 5.29. The van der Waals surface area contributed by atoms with E-state index in [4.69, 9.17) is 5.11 Å². The van der Waals surface area contributed by atoms with Gasteiger partial charge < -0.3 is 15.3 Å². The molecule has 0 aliphatic carbocycles. The number of carbonyl (C=O) groups is 2. The van der Waals surface area contributed by atoms with E-state index in [9.17, 15) is 9.59 Å². The van der Waals surface area contributed by atoms with E-state index >= 15 is 0 Å². The van der Waals surface area contributed by atoms with E-state index in [0.717, 1.165) is 0 Å². The van der Waals surface area contributed by atoms with Gasteiger partial charge in [-0.2, -0.15) is 0 Å². The van der Waals surface area contributed by atoms with Crippen molar-refractivity contribution in [2.45, 2.75) is 20.8 Å². The number of aromatic carboxylic acids is 1. The molecule has 0 fully saturated rings. The van der Waals surface area contributed by atoms with Crippen LogP contribution in [-0.4, -0.2) is 46.5 Å². The van der Waals surface area contributed by atoms with Crippen LogP contribution in [-0.2, 0) is 4.79 Å². The highest BCUT2D eigenvalue weighted by Gasteiger charge is 2.11. The summed E-state index contributed by atoms with van der Waals surface area (Å²) in [5.74, 6) is -0.647. The fraction of sp³-hybridized carbons (Fsp3) is 0.462. The third-order valence-electron chi connectivity index (χ3n) is 2.74. The molecule has 0 saturated carbocycles. The van der Waals surface area contributed by atoms with Gasteiger partial charge in [0.1, 0.15) is 5.82 Å². The molecule has 0 aromatic carbocycles. The van der Waals surface area contributed by atoms with E-state index in [1.165, 1.54) is 12.1 Å². The predicted octanol–water partition coefficient (Wildman–Crippen LogP) is 1.37. The average molecular weight is 265 g/mol. The first-order chi connectivity index (χ1) is 8.97. The van der Waals surface area contributed by atoms with Crippen LogP contribution in [0.1, 0.15) is 29.9 Å². The second-order valence-electron chi connectivity index (χ2n) is 4.11. The molecule has 0 unspecified atom stereocenters. The zero-order valence-corrected chi connectivity index (χ0v) is 11.4. The predicted molar refractivity (Wildman–Crippen MR) is 72.4 cm³/mol. The van der Waals surface area contributed by atoms with Crippen LogP contribution in [0.3, 0.4) is 0 Å². The minimum absolute atomic E-state index is 0.0369. The van der Waals surface area contributed by atoms with Gasteiger partial charge >= 0.3 is 5.97 Å². The van der Waals surface area contributed by atoms with Gasteiger partial charge in [-0.15, -0.1) is 0 Å². The molecule has 1 heterocycles. The Bertz CT molecular complexity index is 470. The van der Waals surface area contributed by atoms with Crippen LogP contribution < -0.4 is 5.32 Å². The smallest absolute Gasteiger partial charge is 0.335 e. The van der Waals surface area contributed by atoms with E-state index in [1.807, 2.05) is 13.8 Å². The minimum Gasteiger partial charge on any atom is -0.478 e. The van der Waals surface area contributed by atoms with Crippen molar-refractivity contribution < 1.29 is 14.7 Å². The van der Waals surface area contributed by atoms with Gasteiger partial charge in [0, 0.05) is 18.8 Å². The lowest BCUT2D eigenvalue weighted by Gasteiger charge is -2.19. The van der Waals surface area contributed by atoms with Crippen molar-refractivity contribution >= 4 is 17.7 Å². The summed E-state index contributed by atoms with van der Waals surface area (Å²) in [4.78, 5) is 28.6. The normalized spacial score (nSPS) is 10.1. The molecule has 0 spiro atoms. The zero-order chi connectivity index (χ0) is 14.4. The highest BCUT2D eigenvalue weighted by atomic mass is 16.4. The van der Waals surface area contributed by atoms with Crippen molar-refractivity contribution in [2.24, 2.45) is 0 Å². The first kappa shape index (κ1) is 14.9. The van der Waals surface area contributed by atoms with Crippen LogP contribution in [0.25, 0.3) is 0 Å². The molecular weight excluding hydrogens is 246 g/mol. The average Bonchev–Trinajstić information content (AvgIpc) is 2.37. The lowest BCUT2D eigenvalue weighted by Crippen LogP contribution is -2.35. The molecule has 1 amide bonds. The number of aryl methyl sites for hydroxylation is 1. The molecule has 6 heteroatoms. The molecule has 0 aliphatic heterocycles. The number of carbonyl (C=O) groups excluding carboxylic acids is 1. The molecule has 1 aromatic heterocycles. The summed E-state index contributed by atoms with van der Waals surface area (Å²) in [6.07, 6.45) is 0. The lowest BCUT2D eigenvalue weighted by atomic mass is 10.2. The highest BCUT2D eigenvalue weighted by Crippen LogP contribution is 2.10. The molecule has 0 radical (unpaired) electrons. The number of hydrogen-bond donors (Lipinski definition) is 2. The molecular formula is C13H19N3O3. The SMILES string of the molecule is CCN(CC)C(=O)CNc1cc(C(=O)O)cc(C)n1. The summed E-state index contributed by atoms with van der Waals surface area (Å²) < 4.78 is 0. The van der Waals surface area contributed by atoms with E-state index < -0.39 is 5.97 Å². The number of aromatic nitrogens is 1. The van der Waals surface area contributed by atoms with Crippen molar-refractivity contribution in [3.05, 3.63) is 23.4 Å². The number of pyridine rings is 1. The lowest BCUT2D eigenvalue weighted by molar-refractivity contribution is -0.128. The van der Waals surface area contributed by atoms with Gasteiger partial charge in [0.2, 0.25) is 5.91 Å². The topological polar surface area (TPSA) is 82.5 Å². The van der Waals surface area contributed by atoms with Gasteiger partial charge in [0.25, 0.3) is 0 Å². The van der Waals surface area contributed by atoms with E-state index in [-0.39, 0.29) is 18.0 Å². The monoisotopic (exact) mass is 265 g/mol. The van der Waals surface area contributed by atoms with Crippen LogP contribution in [0.2, 0.25) is 0 Å². The first-order valence-corrected chi connectivity index (χ1v) is 6.21. The van der Waals surface area contributed by atoms with Crippen LogP contribution in [0.4, 0.5) is 5.82 Å². The molecule has 0 aliphatic rings. The van der Waals surface area contributed by atoms with E-state index in [0.29, 0.717) is 24.6 Å². The van der Waals surface area contributed by atoms with Gasteiger partial charge in [0.05, 0.1) is 12.1 Å². The molecule has 6 nitrogen and oxygen atoms in total. The van der Waals surface area contributed by atoms with E-state index in [2.05, 4.69) is 10.3 Å². The number of anilines is 1. The third-order valence-corrected chi connectivity index (χ3v) is 2.74. The maximum Gasteiger partial charge on any atom is 0.335 e. The minimum atomic E-state index is -1.01. The first-order valence-electron chi connectivity index (χ1n) is 6.21. The number of likely N-dealkylation sites (N-methyl/N-ethyl adjacent to an activating group) is 1. The van der Waals surface area contributed by atoms with E-state index in [1.54, 1.807) is 11.8 Å². The number of carboxylic acids is 1. The fourth-order valence-corrected chi connectivity index (χ4v) is 1.74. The molecule has 1 rings (SSSR count). The van der Waals surface area contributed by atoms with Crippen molar-refractivity contribution in [3.8, 4) is 0 Å². The summed E-state index contributed by atoms with van der Waals surface area (Å²) in [5, 5.41) is 11.8. The van der Waals surface area contributed by atoms with Gasteiger partial charge in [-0.25, -0.2) is 9.78 Å². The Morgan fingerprint density at radius 1 is 1.32 bits per heavy atom. The Hall–Kier alpha value is -2.11. The van der Waals surface area contributed by atoms with Crippen LogP contribution in [0.5, 0.6) is 0 Å². The quantitative estimate of drug-likeness (QED) is 0.811. The number of amides is 1. The van der Waals surface area contributed by atoms with Crippen molar-refractivity contribution in [2.75, 3.05) is 25.0 Å². The second kappa shape index (κ2) is 6.72. The number of rotatable bonds is 6. The molecule has 1 aromatic rings. The molecule has 0 atom stereocenters. The highest BCUT2D eigenvalue weighted by molar-refractivity contribution is 5.89. The molecule has 19 heavy (non-hydrogen) atoms. The molecule has 2 N–H and O–H groups in total. The Morgan fingerprint density at radius 3 is 2.47 bits per heavy atom. The number of nitrogens with zero attached hydrogens (tertiary/aromatic N) is 2. The zero-order valence-electron chi connectivity index (χ0n) is 11.4. The van der Waals surface area contributed by atoms with Crippen LogP contribution >= 0.6 is 0 Å². The van der Waals surface area contributed by atoms with Gasteiger partial charge in [-0.3, -0.25) is 4.79 Å². The van der Waals surface area contributed by atoms with Crippen molar-refractivity contribution in [1.82, 2.24) is 9.88 Å². The maximum atomic E-state index is 11.8. The summed E-state index contributed by atoms with van der Waals surface area (Å²) in [6, 6.07) is 2.91. The third kappa shape index (κ3) is 4.24. The summed E-state index contributed by atoms with van der Waals surface area (Å²) >= 11 is 0. The van der Waals surface area contributed by atoms with Gasteiger partial charge in [0.15, 0.2) is 0 Å². The van der Waals surface area contributed by atoms with Crippen molar-refractivity contribution in [3.63, 3.8) is 0 Å². The largest absolute Gasteiger partial charge is 0.478 e. The van der Waals surface area contributed by atoms with Crippen LogP contribution in [0.15, 0.2) is 12.1 Å². The molecule has 0 saturated heterocycles. The summed E-state index contributed by atoms with van der Waals surface area (Å²) in [7, 11) is 0. The summed E-state index contributed by atoms with van der Waals surface area (Å²) in [6.45, 7) is 6.95. The second-order valence-corrected chi connectivity index (χ2v) is 4.11. The summed E-state index contributed by atoms with van der Waals surface area (Å²) in [5.41, 5.74) is 0.753. The van der Waals surface area contributed by atoms with Crippen LogP contribution in [0, 0.1) is 6.92 Å². The Balaban J connectivity index is 2.72. The maximum absolute atomic E-state index is 11.8.